The largest absolute Gasteiger partial charge is 0.480 e. The van der Waals surface area contributed by atoms with Crippen molar-refractivity contribution in [1.29, 1.82) is 0 Å². The van der Waals surface area contributed by atoms with Crippen LogP contribution in [0.1, 0.15) is 29.5 Å². The molecule has 7 heteroatoms. The van der Waals surface area contributed by atoms with Crippen LogP contribution in [-0.2, 0) is 16.6 Å². The number of rotatable bonds is 5. The van der Waals surface area contributed by atoms with Gasteiger partial charge in [0.1, 0.15) is 11.8 Å². The Morgan fingerprint density at radius 2 is 2.33 bits per heavy atom. The molecule has 1 N–H and O–H groups in total. The van der Waals surface area contributed by atoms with Gasteiger partial charge in [-0.3, -0.25) is 14.5 Å². The average molecular weight is 330 g/mol. The number of aromatic nitrogens is 3. The van der Waals surface area contributed by atoms with Crippen molar-refractivity contribution < 1.29 is 14.3 Å². The van der Waals surface area contributed by atoms with Crippen LogP contribution >= 0.6 is 0 Å². The lowest BCUT2D eigenvalue weighted by Crippen LogP contribution is -2.39. The van der Waals surface area contributed by atoms with Crippen molar-refractivity contribution in [2.75, 3.05) is 13.2 Å². The molecule has 1 amide bonds. The predicted molar refractivity (Wildman–Crippen MR) is 87.7 cm³/mol. The molecule has 0 saturated carbocycles. The lowest BCUT2D eigenvalue weighted by atomic mass is 10.0. The summed E-state index contributed by atoms with van der Waals surface area (Å²) in [4.78, 5) is 16.4. The summed E-state index contributed by atoms with van der Waals surface area (Å²) in [6.07, 6.45) is 4.10. The van der Waals surface area contributed by atoms with Gasteiger partial charge in [0, 0.05) is 31.6 Å². The molecule has 1 fully saturated rings. The number of amides is 1. The van der Waals surface area contributed by atoms with E-state index < -0.39 is 0 Å². The smallest absolute Gasteiger partial charge is 0.258 e. The molecule has 1 saturated heterocycles. The van der Waals surface area contributed by atoms with Crippen LogP contribution < -0.4 is 10.1 Å². The van der Waals surface area contributed by atoms with Gasteiger partial charge in [-0.15, -0.1) is 0 Å². The van der Waals surface area contributed by atoms with E-state index in [9.17, 15) is 4.79 Å². The van der Waals surface area contributed by atoms with Gasteiger partial charge in [-0.25, -0.2) is 0 Å². The van der Waals surface area contributed by atoms with E-state index in [4.69, 9.17) is 9.47 Å². The van der Waals surface area contributed by atoms with Gasteiger partial charge in [-0.1, -0.05) is 6.07 Å². The number of hydrogen-bond acceptors (Lipinski definition) is 5. The molecule has 128 valence electrons. The number of nitrogens with zero attached hydrogens (tertiary/aromatic N) is 3. The highest BCUT2D eigenvalue weighted by Gasteiger charge is 2.31. The molecule has 3 rings (SSSR count). The Hall–Kier alpha value is -2.41. The molecular formula is C17H22N4O3. The fraction of sp³-hybridized carbons (Fsp3) is 0.471. The molecule has 0 aromatic carbocycles. The highest BCUT2D eigenvalue weighted by atomic mass is 16.5. The molecule has 7 nitrogen and oxygen atoms in total. The molecule has 2 aromatic heterocycles. The maximum absolute atomic E-state index is 12.2. The van der Waals surface area contributed by atoms with E-state index in [1.807, 2.05) is 33.0 Å². The van der Waals surface area contributed by atoms with Crippen LogP contribution in [-0.4, -0.2) is 39.9 Å². The molecule has 24 heavy (non-hydrogen) atoms. The summed E-state index contributed by atoms with van der Waals surface area (Å²) in [6, 6.07) is 3.76. The Morgan fingerprint density at radius 1 is 1.50 bits per heavy atom. The third-order valence-corrected chi connectivity index (χ3v) is 4.24. The predicted octanol–water partition coefficient (Wildman–Crippen LogP) is 1.46. The van der Waals surface area contributed by atoms with Gasteiger partial charge in [0.25, 0.3) is 5.91 Å². The highest BCUT2D eigenvalue weighted by Crippen LogP contribution is 2.28. The van der Waals surface area contributed by atoms with Gasteiger partial charge in [-0.05, 0) is 26.3 Å². The van der Waals surface area contributed by atoms with E-state index in [1.54, 1.807) is 17.1 Å². The van der Waals surface area contributed by atoms with Gasteiger partial charge in [0.05, 0.1) is 11.7 Å². The van der Waals surface area contributed by atoms with E-state index in [2.05, 4.69) is 15.4 Å². The van der Waals surface area contributed by atoms with Crippen molar-refractivity contribution in [2.45, 2.75) is 32.4 Å². The number of aryl methyl sites for hydroxylation is 2. The molecular weight excluding hydrogens is 308 g/mol. The van der Waals surface area contributed by atoms with Gasteiger partial charge in [0.15, 0.2) is 12.4 Å². The fourth-order valence-electron chi connectivity index (χ4n) is 2.96. The highest BCUT2D eigenvalue weighted by molar-refractivity contribution is 5.78. The maximum Gasteiger partial charge on any atom is 0.258 e. The molecule has 1 aliphatic heterocycles. The molecule has 1 aliphatic rings. The SMILES string of the molecule is Cc1nn(C)c(C)c1OCC(=O)N[C@H]1CCO[C@@H]1c1cccnc1. The standard InChI is InChI=1S/C17H22N4O3/c1-11-16(12(2)21(3)20-11)24-10-15(22)19-14-6-8-23-17(14)13-5-4-7-18-9-13/h4-5,7,9,14,17H,6,8,10H2,1-3H3,(H,19,22)/t14-,17+/m0/s1. The Balaban J connectivity index is 1.58. The van der Waals surface area contributed by atoms with Crippen molar-refractivity contribution >= 4 is 5.91 Å². The van der Waals surface area contributed by atoms with Gasteiger partial charge >= 0.3 is 0 Å². The van der Waals surface area contributed by atoms with Crippen LogP contribution in [0.4, 0.5) is 0 Å². The van der Waals surface area contributed by atoms with E-state index in [0.717, 1.165) is 23.4 Å². The molecule has 0 radical (unpaired) electrons. The van der Waals surface area contributed by atoms with Crippen LogP contribution in [0.2, 0.25) is 0 Å². The molecule has 0 aliphatic carbocycles. The Labute approximate surface area is 141 Å². The first-order valence-electron chi connectivity index (χ1n) is 8.00. The third kappa shape index (κ3) is 3.41. The van der Waals surface area contributed by atoms with Crippen molar-refractivity contribution in [3.05, 3.63) is 41.5 Å². The normalized spacial score (nSPS) is 20.1. The van der Waals surface area contributed by atoms with E-state index >= 15 is 0 Å². The molecule has 0 unspecified atom stereocenters. The number of carbonyl (C=O) groups is 1. The molecule has 2 aromatic rings. The van der Waals surface area contributed by atoms with Crippen LogP contribution in [0.5, 0.6) is 5.75 Å². The monoisotopic (exact) mass is 330 g/mol. The number of ether oxygens (including phenoxy) is 2. The Bertz CT molecular complexity index is 714. The van der Waals surface area contributed by atoms with Gasteiger partial charge in [0.2, 0.25) is 0 Å². The summed E-state index contributed by atoms with van der Waals surface area (Å²) in [5.41, 5.74) is 2.65. The first-order chi connectivity index (χ1) is 11.6. The summed E-state index contributed by atoms with van der Waals surface area (Å²) >= 11 is 0. The van der Waals surface area contributed by atoms with E-state index in [1.165, 1.54) is 0 Å². The maximum atomic E-state index is 12.2. The average Bonchev–Trinajstić information content (AvgIpc) is 3.12. The van der Waals surface area contributed by atoms with Crippen molar-refractivity contribution in [3.8, 4) is 5.75 Å². The van der Waals surface area contributed by atoms with Crippen molar-refractivity contribution in [1.82, 2.24) is 20.1 Å². The van der Waals surface area contributed by atoms with Crippen molar-refractivity contribution in [3.63, 3.8) is 0 Å². The lowest BCUT2D eigenvalue weighted by Gasteiger charge is -2.20. The second-order valence-electron chi connectivity index (χ2n) is 5.95. The second kappa shape index (κ2) is 7.00. The molecule has 2 atom stereocenters. The summed E-state index contributed by atoms with van der Waals surface area (Å²) in [5, 5.41) is 7.28. The fourth-order valence-corrected chi connectivity index (χ4v) is 2.96. The zero-order chi connectivity index (χ0) is 17.1. The lowest BCUT2D eigenvalue weighted by molar-refractivity contribution is -0.124. The topological polar surface area (TPSA) is 78.3 Å². The summed E-state index contributed by atoms with van der Waals surface area (Å²) in [6.45, 7) is 4.36. The molecule has 0 spiro atoms. The van der Waals surface area contributed by atoms with Crippen LogP contribution in [0.15, 0.2) is 24.5 Å². The Kier molecular flexibility index (Phi) is 4.80. The van der Waals surface area contributed by atoms with Gasteiger partial charge < -0.3 is 14.8 Å². The second-order valence-corrected chi connectivity index (χ2v) is 5.95. The minimum atomic E-state index is -0.165. The summed E-state index contributed by atoms with van der Waals surface area (Å²) in [5.74, 6) is 0.501. The van der Waals surface area contributed by atoms with Crippen molar-refractivity contribution in [2.24, 2.45) is 7.05 Å². The van der Waals surface area contributed by atoms with Crippen LogP contribution in [0.3, 0.4) is 0 Å². The minimum Gasteiger partial charge on any atom is -0.480 e. The minimum absolute atomic E-state index is 0.0381. The zero-order valence-electron chi connectivity index (χ0n) is 14.2. The number of pyridine rings is 1. The summed E-state index contributed by atoms with van der Waals surface area (Å²) in [7, 11) is 1.85. The summed E-state index contributed by atoms with van der Waals surface area (Å²) < 4.78 is 13.1. The number of hydrogen-bond donors (Lipinski definition) is 1. The van der Waals surface area contributed by atoms with Gasteiger partial charge in [-0.2, -0.15) is 5.10 Å². The third-order valence-electron chi connectivity index (χ3n) is 4.24. The van der Waals surface area contributed by atoms with E-state index in [0.29, 0.717) is 12.4 Å². The Morgan fingerprint density at radius 3 is 3.00 bits per heavy atom. The number of carbonyl (C=O) groups excluding carboxylic acids is 1. The number of nitrogens with one attached hydrogen (secondary N) is 1. The van der Waals surface area contributed by atoms with Crippen LogP contribution in [0, 0.1) is 13.8 Å². The van der Waals surface area contributed by atoms with Crippen LogP contribution in [0.25, 0.3) is 0 Å². The zero-order valence-corrected chi connectivity index (χ0v) is 14.2. The van der Waals surface area contributed by atoms with E-state index in [-0.39, 0.29) is 24.7 Å². The molecule has 3 heterocycles. The molecule has 0 bridgehead atoms. The first-order valence-corrected chi connectivity index (χ1v) is 8.00. The quantitative estimate of drug-likeness (QED) is 0.898. The first kappa shape index (κ1) is 16.4.